The van der Waals surface area contributed by atoms with E-state index in [-0.39, 0.29) is 23.9 Å². The highest BCUT2D eigenvalue weighted by Gasteiger charge is 2.18. The van der Waals surface area contributed by atoms with Crippen molar-refractivity contribution in [2.75, 3.05) is 30.2 Å². The monoisotopic (exact) mass is 497 g/mol. The molecule has 32 heavy (non-hydrogen) atoms. The number of likely N-dealkylation sites (tertiary alicyclic amines) is 1. The van der Waals surface area contributed by atoms with E-state index in [9.17, 15) is 13.2 Å². The molecule has 0 bridgehead atoms. The van der Waals surface area contributed by atoms with Gasteiger partial charge in [0.25, 0.3) is 0 Å². The molecule has 1 N–H and O–H groups in total. The van der Waals surface area contributed by atoms with Gasteiger partial charge in [-0.15, -0.1) is 0 Å². The van der Waals surface area contributed by atoms with Crippen LogP contribution in [0.25, 0.3) is 0 Å². The molecule has 2 aromatic carbocycles. The summed E-state index contributed by atoms with van der Waals surface area (Å²) in [6.45, 7) is 3.87. The van der Waals surface area contributed by atoms with Gasteiger partial charge in [-0.3, -0.25) is 14.0 Å². The van der Waals surface area contributed by atoms with Crippen molar-refractivity contribution in [3.63, 3.8) is 0 Å². The quantitative estimate of drug-likeness (QED) is 0.526. The van der Waals surface area contributed by atoms with Crippen LogP contribution in [-0.2, 0) is 27.9 Å². The smallest absolute Gasteiger partial charge is 0.232 e. The topological polar surface area (TPSA) is 69.7 Å². The Kier molecular flexibility index (Phi) is 8.82. The van der Waals surface area contributed by atoms with Crippen LogP contribution in [0.3, 0.4) is 0 Å². The van der Waals surface area contributed by atoms with Crippen LogP contribution in [0.4, 0.5) is 5.69 Å². The maximum atomic E-state index is 12.3. The van der Waals surface area contributed by atoms with Gasteiger partial charge in [0.15, 0.2) is 0 Å². The molecular weight excluding hydrogens is 469 g/mol. The molecule has 0 aliphatic carbocycles. The predicted octanol–water partition coefficient (Wildman–Crippen LogP) is 4.45. The summed E-state index contributed by atoms with van der Waals surface area (Å²) < 4.78 is 25.7. The van der Waals surface area contributed by atoms with E-state index in [2.05, 4.69) is 22.3 Å². The molecule has 1 fully saturated rings. The Morgan fingerprint density at radius 1 is 1.06 bits per heavy atom. The van der Waals surface area contributed by atoms with Crippen molar-refractivity contribution >= 4 is 44.8 Å². The van der Waals surface area contributed by atoms with Gasteiger partial charge in [0.05, 0.1) is 22.0 Å². The van der Waals surface area contributed by atoms with Crippen molar-refractivity contribution in [1.82, 2.24) is 10.2 Å². The van der Waals surface area contributed by atoms with Gasteiger partial charge in [0.2, 0.25) is 15.9 Å². The summed E-state index contributed by atoms with van der Waals surface area (Å²) in [6, 6.07) is 12.9. The Morgan fingerprint density at radius 3 is 2.47 bits per heavy atom. The number of carbonyl (C=O) groups is 1. The minimum absolute atomic E-state index is 0.113. The van der Waals surface area contributed by atoms with Gasteiger partial charge < -0.3 is 5.32 Å². The zero-order valence-corrected chi connectivity index (χ0v) is 20.5. The fourth-order valence-electron chi connectivity index (χ4n) is 3.84. The second-order valence-electron chi connectivity index (χ2n) is 8.12. The first-order chi connectivity index (χ1) is 15.2. The molecule has 0 aromatic heterocycles. The standard InChI is InChI=1S/C23H29Cl2N3O3S/c1-32(30,31)28(20-9-10-21(24)22(25)15-20)13-5-8-23(29)26-16-18-6-4-7-19(14-18)17-27-11-2-3-12-27/h4,6-7,9-10,14-15H,2-3,5,8,11-13,16-17H2,1H3,(H,26,29). The maximum absolute atomic E-state index is 12.3. The van der Waals surface area contributed by atoms with Gasteiger partial charge in [-0.05, 0) is 61.7 Å². The minimum Gasteiger partial charge on any atom is -0.352 e. The second kappa shape index (κ2) is 11.4. The lowest BCUT2D eigenvalue weighted by Gasteiger charge is -2.22. The second-order valence-corrected chi connectivity index (χ2v) is 10.8. The molecular formula is C23H29Cl2N3O3S. The summed E-state index contributed by atoms with van der Waals surface area (Å²) in [5.74, 6) is -0.113. The van der Waals surface area contributed by atoms with Crippen LogP contribution in [-0.4, -0.2) is 45.1 Å². The molecule has 1 saturated heterocycles. The number of hydrogen-bond donors (Lipinski definition) is 1. The molecule has 174 valence electrons. The number of nitrogens with one attached hydrogen (secondary N) is 1. The van der Waals surface area contributed by atoms with Crippen molar-refractivity contribution in [2.45, 2.75) is 38.8 Å². The summed E-state index contributed by atoms with van der Waals surface area (Å²) >= 11 is 12.0. The number of amides is 1. The fraction of sp³-hybridized carbons (Fsp3) is 0.435. The van der Waals surface area contributed by atoms with Crippen LogP contribution >= 0.6 is 23.2 Å². The van der Waals surface area contributed by atoms with Gasteiger partial charge in [-0.25, -0.2) is 8.42 Å². The van der Waals surface area contributed by atoms with Crippen molar-refractivity contribution in [1.29, 1.82) is 0 Å². The number of carbonyl (C=O) groups excluding carboxylic acids is 1. The number of benzene rings is 2. The number of hydrogen-bond acceptors (Lipinski definition) is 4. The maximum Gasteiger partial charge on any atom is 0.232 e. The molecule has 3 rings (SSSR count). The lowest BCUT2D eigenvalue weighted by Crippen LogP contribution is -2.32. The Balaban J connectivity index is 1.49. The predicted molar refractivity (Wildman–Crippen MR) is 131 cm³/mol. The Bertz CT molecular complexity index is 1040. The van der Waals surface area contributed by atoms with Gasteiger partial charge >= 0.3 is 0 Å². The first-order valence-corrected chi connectivity index (χ1v) is 13.3. The van der Waals surface area contributed by atoms with Crippen molar-refractivity contribution in [3.05, 3.63) is 63.6 Å². The van der Waals surface area contributed by atoms with Crippen LogP contribution < -0.4 is 9.62 Å². The summed E-state index contributed by atoms with van der Waals surface area (Å²) in [7, 11) is -3.52. The molecule has 0 radical (unpaired) electrons. The van der Waals surface area contributed by atoms with E-state index in [1.165, 1.54) is 28.8 Å². The first-order valence-electron chi connectivity index (χ1n) is 10.7. The Labute approximate surface area is 200 Å². The zero-order valence-electron chi connectivity index (χ0n) is 18.2. The highest BCUT2D eigenvalue weighted by molar-refractivity contribution is 7.92. The molecule has 6 nitrogen and oxygen atoms in total. The van der Waals surface area contributed by atoms with Gasteiger partial charge in [0.1, 0.15) is 0 Å². The molecule has 1 aliphatic rings. The van der Waals surface area contributed by atoms with Crippen LogP contribution in [0, 0.1) is 0 Å². The van der Waals surface area contributed by atoms with E-state index in [1.807, 2.05) is 12.1 Å². The number of nitrogens with zero attached hydrogens (tertiary/aromatic N) is 2. The molecule has 1 aliphatic heterocycles. The number of sulfonamides is 1. The zero-order chi connectivity index (χ0) is 23.1. The Hall–Kier alpha value is -1.80. The Morgan fingerprint density at radius 2 is 1.78 bits per heavy atom. The first kappa shape index (κ1) is 24.8. The summed E-state index contributed by atoms with van der Waals surface area (Å²) in [4.78, 5) is 14.8. The average molecular weight is 498 g/mol. The average Bonchev–Trinajstić information content (AvgIpc) is 3.24. The number of anilines is 1. The van der Waals surface area contributed by atoms with Gasteiger partial charge in [-0.1, -0.05) is 47.5 Å². The third-order valence-electron chi connectivity index (χ3n) is 5.44. The minimum atomic E-state index is -3.52. The van der Waals surface area contributed by atoms with Gasteiger partial charge in [-0.2, -0.15) is 0 Å². The number of rotatable bonds is 10. The van der Waals surface area contributed by atoms with Crippen LogP contribution in [0.5, 0.6) is 0 Å². The molecule has 2 aromatic rings. The lowest BCUT2D eigenvalue weighted by molar-refractivity contribution is -0.121. The van der Waals surface area contributed by atoms with Crippen molar-refractivity contribution < 1.29 is 13.2 Å². The third-order valence-corrected chi connectivity index (χ3v) is 7.38. The summed E-state index contributed by atoms with van der Waals surface area (Å²) in [6.07, 6.45) is 4.26. The van der Waals surface area contributed by atoms with Crippen LogP contribution in [0.15, 0.2) is 42.5 Å². The van der Waals surface area contributed by atoms with E-state index in [0.29, 0.717) is 23.7 Å². The molecule has 0 unspecified atom stereocenters. The van der Waals surface area contributed by atoms with E-state index >= 15 is 0 Å². The largest absolute Gasteiger partial charge is 0.352 e. The van der Waals surface area contributed by atoms with Crippen molar-refractivity contribution in [2.24, 2.45) is 0 Å². The number of halogens is 2. The van der Waals surface area contributed by atoms with E-state index in [1.54, 1.807) is 12.1 Å². The van der Waals surface area contributed by atoms with Crippen LogP contribution in [0.1, 0.15) is 36.8 Å². The SMILES string of the molecule is CS(=O)(=O)N(CCCC(=O)NCc1cccc(CN2CCCC2)c1)c1ccc(Cl)c(Cl)c1. The van der Waals surface area contributed by atoms with Crippen LogP contribution in [0.2, 0.25) is 10.0 Å². The highest BCUT2D eigenvalue weighted by atomic mass is 35.5. The highest BCUT2D eigenvalue weighted by Crippen LogP contribution is 2.28. The van der Waals surface area contributed by atoms with E-state index < -0.39 is 10.0 Å². The summed E-state index contributed by atoms with van der Waals surface area (Å²) in [5.41, 5.74) is 2.74. The third kappa shape index (κ3) is 7.37. The molecule has 0 spiro atoms. The normalized spacial score (nSPS) is 14.5. The molecule has 1 amide bonds. The molecule has 0 atom stereocenters. The summed E-state index contributed by atoms with van der Waals surface area (Å²) in [5, 5.41) is 3.56. The molecule has 9 heteroatoms. The van der Waals surface area contributed by atoms with E-state index in [0.717, 1.165) is 31.5 Å². The van der Waals surface area contributed by atoms with Gasteiger partial charge in [0, 0.05) is 26.1 Å². The molecule has 0 saturated carbocycles. The van der Waals surface area contributed by atoms with E-state index in [4.69, 9.17) is 23.2 Å². The lowest BCUT2D eigenvalue weighted by atomic mass is 10.1. The van der Waals surface area contributed by atoms with Crippen molar-refractivity contribution in [3.8, 4) is 0 Å². The fourth-order valence-corrected chi connectivity index (χ4v) is 5.09. The molecule has 1 heterocycles.